The number of hydrogen-bond donors (Lipinski definition) is 0. The Hall–Kier alpha value is -2.92. The van der Waals surface area contributed by atoms with Gasteiger partial charge < -0.3 is 0 Å². The first-order chi connectivity index (χ1) is 13.6. The first-order valence-electron chi connectivity index (χ1n) is 8.45. The zero-order valence-electron chi connectivity index (χ0n) is 14.7. The normalized spacial score (nSPS) is 10.9. The number of rotatable bonds is 4. The second kappa shape index (κ2) is 9.33. The van der Waals surface area contributed by atoms with E-state index in [1.807, 2.05) is 72.8 Å². The fraction of sp³-hybridized carbons (Fsp3) is 0. The van der Waals surface area contributed by atoms with Crippen LogP contribution in [0, 0.1) is 22.7 Å². The van der Waals surface area contributed by atoms with Crippen LogP contribution in [0.15, 0.2) is 69.6 Å². The predicted octanol–water partition coefficient (Wildman–Crippen LogP) is 7.30. The molecule has 0 atom stereocenters. The summed E-state index contributed by atoms with van der Waals surface area (Å²) in [5, 5.41) is 19.1. The number of benzene rings is 3. The van der Waals surface area contributed by atoms with E-state index in [4.69, 9.17) is 0 Å². The number of nitrogens with zero attached hydrogens (tertiary/aromatic N) is 2. The van der Waals surface area contributed by atoms with E-state index in [1.54, 1.807) is 12.1 Å². The van der Waals surface area contributed by atoms with Crippen LogP contribution in [0.2, 0.25) is 0 Å². The third-order valence-corrected chi connectivity index (χ3v) is 5.21. The number of halogens is 2. The highest BCUT2D eigenvalue weighted by molar-refractivity contribution is 9.10. The molecule has 0 fully saturated rings. The van der Waals surface area contributed by atoms with E-state index < -0.39 is 0 Å². The van der Waals surface area contributed by atoms with E-state index in [0.29, 0.717) is 11.1 Å². The molecular weight excluding hydrogens is 476 g/mol. The van der Waals surface area contributed by atoms with Crippen molar-refractivity contribution >= 4 is 56.2 Å². The van der Waals surface area contributed by atoms with Crippen LogP contribution < -0.4 is 0 Å². The van der Waals surface area contributed by atoms with Crippen molar-refractivity contribution in [3.8, 4) is 12.1 Å². The molecule has 0 aliphatic rings. The SMILES string of the molecule is N#Cc1ccc(C#N)c(C=Cc2ccc(Br)cc2)c1C=Cc1ccc(Br)cc1. The summed E-state index contributed by atoms with van der Waals surface area (Å²) in [5.41, 5.74) is 4.55. The Morgan fingerprint density at radius 3 is 1.21 bits per heavy atom. The Balaban J connectivity index is 2.06. The van der Waals surface area contributed by atoms with Crippen LogP contribution in [0.25, 0.3) is 24.3 Å². The van der Waals surface area contributed by atoms with Crippen LogP contribution in [-0.2, 0) is 0 Å². The molecule has 3 rings (SSSR count). The first-order valence-corrected chi connectivity index (χ1v) is 10.0. The predicted molar refractivity (Wildman–Crippen MR) is 122 cm³/mol. The van der Waals surface area contributed by atoms with E-state index in [0.717, 1.165) is 31.2 Å². The second-order valence-electron chi connectivity index (χ2n) is 5.98. The van der Waals surface area contributed by atoms with Crippen LogP contribution in [0.1, 0.15) is 33.4 Å². The van der Waals surface area contributed by atoms with Crippen LogP contribution in [0.5, 0.6) is 0 Å². The molecule has 3 aromatic rings. The van der Waals surface area contributed by atoms with Crippen molar-refractivity contribution in [3.63, 3.8) is 0 Å². The molecule has 134 valence electrons. The van der Waals surface area contributed by atoms with Gasteiger partial charge >= 0.3 is 0 Å². The number of nitriles is 2. The Kier molecular flexibility index (Phi) is 6.61. The molecule has 0 saturated heterocycles. The average Bonchev–Trinajstić information content (AvgIpc) is 2.72. The summed E-state index contributed by atoms with van der Waals surface area (Å²) in [5.74, 6) is 0. The summed E-state index contributed by atoms with van der Waals surface area (Å²) in [6, 6.07) is 23.6. The van der Waals surface area contributed by atoms with Crippen LogP contribution in [-0.4, -0.2) is 0 Å². The second-order valence-corrected chi connectivity index (χ2v) is 7.81. The van der Waals surface area contributed by atoms with Gasteiger partial charge in [-0.05, 0) is 47.5 Å². The molecule has 3 aromatic carbocycles. The largest absolute Gasteiger partial charge is 0.192 e. The maximum Gasteiger partial charge on any atom is 0.0998 e. The zero-order valence-corrected chi connectivity index (χ0v) is 17.9. The lowest BCUT2D eigenvalue weighted by Gasteiger charge is -2.07. The van der Waals surface area contributed by atoms with Crippen molar-refractivity contribution in [1.29, 1.82) is 10.5 Å². The highest BCUT2D eigenvalue weighted by Crippen LogP contribution is 2.25. The Morgan fingerprint density at radius 2 is 0.893 bits per heavy atom. The van der Waals surface area contributed by atoms with Crippen molar-refractivity contribution in [1.82, 2.24) is 0 Å². The summed E-state index contributed by atoms with van der Waals surface area (Å²) in [6.45, 7) is 0. The molecule has 0 bridgehead atoms. The fourth-order valence-corrected chi connectivity index (χ4v) is 3.23. The maximum absolute atomic E-state index is 9.55. The van der Waals surface area contributed by atoms with Crippen molar-refractivity contribution in [2.24, 2.45) is 0 Å². The third-order valence-electron chi connectivity index (χ3n) is 4.15. The minimum Gasteiger partial charge on any atom is -0.192 e. The van der Waals surface area contributed by atoms with Crippen LogP contribution in [0.3, 0.4) is 0 Å². The minimum atomic E-state index is 0.530. The summed E-state index contributed by atoms with van der Waals surface area (Å²) < 4.78 is 2.01. The molecule has 0 spiro atoms. The maximum atomic E-state index is 9.55. The molecule has 0 aliphatic carbocycles. The van der Waals surface area contributed by atoms with Gasteiger partial charge in [-0.25, -0.2) is 0 Å². The van der Waals surface area contributed by atoms with Crippen LogP contribution in [0.4, 0.5) is 0 Å². The lowest BCUT2D eigenvalue weighted by molar-refractivity contribution is 1.42. The quantitative estimate of drug-likeness (QED) is 0.361. The summed E-state index contributed by atoms with van der Waals surface area (Å²) in [7, 11) is 0. The van der Waals surface area contributed by atoms with E-state index in [2.05, 4.69) is 44.0 Å². The van der Waals surface area contributed by atoms with Gasteiger partial charge in [0.05, 0.1) is 23.3 Å². The fourth-order valence-electron chi connectivity index (χ4n) is 2.70. The minimum absolute atomic E-state index is 0.530. The summed E-state index contributed by atoms with van der Waals surface area (Å²) in [6.07, 6.45) is 7.68. The van der Waals surface area contributed by atoms with Gasteiger partial charge in [-0.3, -0.25) is 0 Å². The van der Waals surface area contributed by atoms with E-state index in [-0.39, 0.29) is 0 Å². The monoisotopic (exact) mass is 488 g/mol. The molecule has 0 saturated carbocycles. The molecule has 0 radical (unpaired) electrons. The van der Waals surface area contributed by atoms with Crippen molar-refractivity contribution < 1.29 is 0 Å². The van der Waals surface area contributed by atoms with Gasteiger partial charge in [0, 0.05) is 20.1 Å². The van der Waals surface area contributed by atoms with Gasteiger partial charge in [-0.2, -0.15) is 10.5 Å². The zero-order chi connectivity index (χ0) is 19.9. The lowest BCUT2D eigenvalue weighted by Crippen LogP contribution is -1.92. The lowest BCUT2D eigenvalue weighted by atomic mass is 9.95. The molecule has 4 heteroatoms. The Labute approximate surface area is 181 Å². The molecule has 0 N–H and O–H groups in total. The molecule has 0 amide bonds. The third kappa shape index (κ3) is 4.87. The summed E-state index contributed by atoms with van der Waals surface area (Å²) in [4.78, 5) is 0. The standard InChI is InChI=1S/C24H14Br2N2/c25-21-9-1-17(2-10-21)5-13-23-19(15-27)7-8-20(16-28)24(23)14-6-18-3-11-22(26)12-4-18/h1-14H. The topological polar surface area (TPSA) is 47.6 Å². The molecular formula is C24H14Br2N2. The molecule has 0 unspecified atom stereocenters. The Morgan fingerprint density at radius 1 is 0.536 bits per heavy atom. The number of hydrogen-bond acceptors (Lipinski definition) is 2. The van der Waals surface area contributed by atoms with Crippen molar-refractivity contribution in [2.45, 2.75) is 0 Å². The van der Waals surface area contributed by atoms with Crippen molar-refractivity contribution in [2.75, 3.05) is 0 Å². The van der Waals surface area contributed by atoms with Crippen molar-refractivity contribution in [3.05, 3.63) is 103 Å². The smallest absolute Gasteiger partial charge is 0.0998 e. The van der Waals surface area contributed by atoms with Crippen LogP contribution >= 0.6 is 31.9 Å². The van der Waals surface area contributed by atoms with Gasteiger partial charge in [0.2, 0.25) is 0 Å². The van der Waals surface area contributed by atoms with Gasteiger partial charge in [-0.1, -0.05) is 80.4 Å². The van der Waals surface area contributed by atoms with E-state index >= 15 is 0 Å². The van der Waals surface area contributed by atoms with E-state index in [1.165, 1.54) is 0 Å². The molecule has 28 heavy (non-hydrogen) atoms. The van der Waals surface area contributed by atoms with E-state index in [9.17, 15) is 10.5 Å². The first kappa shape index (κ1) is 19.8. The highest BCUT2D eigenvalue weighted by atomic mass is 79.9. The highest BCUT2D eigenvalue weighted by Gasteiger charge is 2.09. The molecule has 2 nitrogen and oxygen atoms in total. The summed E-state index contributed by atoms with van der Waals surface area (Å²) >= 11 is 6.85. The van der Waals surface area contributed by atoms with Gasteiger partial charge in [0.1, 0.15) is 0 Å². The van der Waals surface area contributed by atoms with Gasteiger partial charge in [-0.15, -0.1) is 0 Å². The van der Waals surface area contributed by atoms with Gasteiger partial charge in [0.25, 0.3) is 0 Å². The molecule has 0 aliphatic heterocycles. The van der Waals surface area contributed by atoms with Gasteiger partial charge in [0.15, 0.2) is 0 Å². The molecule has 0 aromatic heterocycles. The molecule has 0 heterocycles. The average molecular weight is 490 g/mol. The Bertz CT molecular complexity index is 1030.